The van der Waals surface area contributed by atoms with Gasteiger partial charge in [0.25, 0.3) is 0 Å². The van der Waals surface area contributed by atoms with Crippen molar-refractivity contribution in [1.29, 1.82) is 0 Å². The summed E-state index contributed by atoms with van der Waals surface area (Å²) in [4.78, 5) is 20.0. The van der Waals surface area contributed by atoms with Gasteiger partial charge in [-0.25, -0.2) is 4.39 Å². The molecule has 0 aliphatic rings. The predicted octanol–water partition coefficient (Wildman–Crippen LogP) is 1.44. The third-order valence-corrected chi connectivity index (χ3v) is 2.57. The molecule has 0 saturated carbocycles. The number of carboxylic acids is 1. The minimum atomic E-state index is -1.57. The van der Waals surface area contributed by atoms with Crippen LogP contribution in [0.3, 0.4) is 0 Å². The van der Waals surface area contributed by atoms with Crippen molar-refractivity contribution in [1.82, 2.24) is 0 Å². The monoisotopic (exact) mass is 290 g/mol. The lowest BCUT2D eigenvalue weighted by Gasteiger charge is -2.19. The summed E-state index contributed by atoms with van der Waals surface area (Å²) in [5.74, 6) is -4.18. The molecular formula is C11H12F2N2O5. The molecule has 110 valence electrons. The molecule has 0 aliphatic heterocycles. The molecule has 0 saturated heterocycles. The number of hydrogen-bond acceptors (Lipinski definition) is 5. The second-order valence-corrected chi connectivity index (χ2v) is 4.31. The van der Waals surface area contributed by atoms with Gasteiger partial charge in [-0.05, 0) is 6.92 Å². The van der Waals surface area contributed by atoms with Gasteiger partial charge in [0.15, 0.2) is 11.6 Å². The van der Waals surface area contributed by atoms with Crippen LogP contribution < -0.4 is 10.5 Å². The molecule has 0 heterocycles. The zero-order valence-corrected chi connectivity index (χ0v) is 10.4. The number of carboxylic acid groups (broad SMARTS) is 1. The molecule has 0 bridgehead atoms. The Morgan fingerprint density at radius 2 is 2.10 bits per heavy atom. The van der Waals surface area contributed by atoms with Crippen LogP contribution in [0.15, 0.2) is 12.1 Å². The maximum atomic E-state index is 13.4. The highest BCUT2D eigenvalue weighted by Crippen LogP contribution is 2.26. The summed E-state index contributed by atoms with van der Waals surface area (Å²) in [5.41, 5.74) is 2.84. The molecule has 9 heteroatoms. The average molecular weight is 290 g/mol. The summed E-state index contributed by atoms with van der Waals surface area (Å²) in [6, 6.07) is 0.922. The molecule has 1 atom stereocenters. The molecule has 0 amide bonds. The number of nitro benzene ring substituents is 1. The lowest BCUT2D eigenvalue weighted by molar-refractivity contribution is -0.387. The van der Waals surface area contributed by atoms with Crippen LogP contribution in [-0.4, -0.2) is 28.1 Å². The molecule has 1 aromatic carbocycles. The number of benzene rings is 1. The maximum absolute atomic E-state index is 13.4. The Labute approximate surface area is 112 Å². The lowest BCUT2D eigenvalue weighted by atomic mass is 10.0. The van der Waals surface area contributed by atoms with Gasteiger partial charge < -0.3 is 15.6 Å². The van der Waals surface area contributed by atoms with Gasteiger partial charge in [-0.2, -0.15) is 4.39 Å². The summed E-state index contributed by atoms with van der Waals surface area (Å²) in [7, 11) is 0. The number of halogens is 2. The fourth-order valence-corrected chi connectivity index (χ4v) is 1.25. The number of hydrogen-bond donors (Lipinski definition) is 2. The molecule has 20 heavy (non-hydrogen) atoms. The Kier molecular flexibility index (Phi) is 4.56. The Hall–Kier alpha value is -2.29. The van der Waals surface area contributed by atoms with Gasteiger partial charge in [-0.1, -0.05) is 0 Å². The normalized spacial score (nSPS) is 13.6. The van der Waals surface area contributed by atoms with Gasteiger partial charge in [0, 0.05) is 12.5 Å². The largest absolute Gasteiger partial charge is 0.490 e. The molecule has 1 aromatic rings. The number of carbonyl (C=O) groups is 1. The van der Waals surface area contributed by atoms with Crippen LogP contribution in [0.25, 0.3) is 0 Å². The highest BCUT2D eigenvalue weighted by molar-refractivity contribution is 5.77. The second-order valence-electron chi connectivity index (χ2n) is 4.31. The summed E-state index contributed by atoms with van der Waals surface area (Å²) in [5, 5.41) is 19.1. The molecule has 0 aromatic heterocycles. The molecule has 0 fully saturated rings. The van der Waals surface area contributed by atoms with Crippen molar-refractivity contribution in [3.05, 3.63) is 33.9 Å². The topological polar surface area (TPSA) is 116 Å². The van der Waals surface area contributed by atoms with Crippen LogP contribution >= 0.6 is 0 Å². The number of ether oxygens (including phenoxy) is 1. The zero-order chi connectivity index (χ0) is 15.5. The summed E-state index contributed by atoms with van der Waals surface area (Å²) >= 11 is 0. The molecule has 1 unspecified atom stereocenters. The fraction of sp³-hybridized carbons (Fsp3) is 0.364. The third-order valence-electron chi connectivity index (χ3n) is 2.57. The van der Waals surface area contributed by atoms with Gasteiger partial charge in [0.05, 0.1) is 17.6 Å². The SMILES string of the molecule is CC(N)(CCOc1cc(F)c([N+](=O)[O-])cc1F)C(=O)O. The van der Waals surface area contributed by atoms with E-state index < -0.39 is 39.5 Å². The zero-order valence-electron chi connectivity index (χ0n) is 10.4. The highest BCUT2D eigenvalue weighted by atomic mass is 19.1. The van der Waals surface area contributed by atoms with Crippen LogP contribution in [0, 0.1) is 21.7 Å². The van der Waals surface area contributed by atoms with Crippen LogP contribution in [0.1, 0.15) is 13.3 Å². The molecule has 0 aliphatic carbocycles. The van der Waals surface area contributed by atoms with Crippen molar-refractivity contribution in [3.8, 4) is 5.75 Å². The van der Waals surface area contributed by atoms with E-state index in [9.17, 15) is 23.7 Å². The summed E-state index contributed by atoms with van der Waals surface area (Å²) < 4.78 is 31.5. The number of nitrogens with zero attached hydrogens (tertiary/aromatic N) is 1. The first-order valence-corrected chi connectivity index (χ1v) is 5.43. The molecule has 0 spiro atoms. The summed E-state index contributed by atoms with van der Waals surface area (Å²) in [6.07, 6.45) is -0.152. The van der Waals surface area contributed by atoms with Gasteiger partial charge in [-0.3, -0.25) is 14.9 Å². The first kappa shape index (κ1) is 15.8. The van der Waals surface area contributed by atoms with Gasteiger partial charge in [0.2, 0.25) is 5.82 Å². The predicted molar refractivity (Wildman–Crippen MR) is 63.4 cm³/mol. The van der Waals surface area contributed by atoms with Crippen LogP contribution in [-0.2, 0) is 4.79 Å². The second kappa shape index (κ2) is 5.78. The Bertz CT molecular complexity index is 548. The molecular weight excluding hydrogens is 278 g/mol. The van der Waals surface area contributed by atoms with E-state index in [0.717, 1.165) is 0 Å². The van der Waals surface area contributed by atoms with E-state index in [4.69, 9.17) is 15.6 Å². The summed E-state index contributed by atoms with van der Waals surface area (Å²) in [6.45, 7) is 0.957. The van der Waals surface area contributed by atoms with E-state index in [1.807, 2.05) is 0 Å². The van der Waals surface area contributed by atoms with E-state index in [-0.39, 0.29) is 13.0 Å². The van der Waals surface area contributed by atoms with Crippen LogP contribution in [0.4, 0.5) is 14.5 Å². The standard InChI is InChI=1S/C11H12F2N2O5/c1-11(14,10(16)17)2-3-20-9-5-6(12)8(15(18)19)4-7(9)13/h4-5H,2-3,14H2,1H3,(H,16,17). The van der Waals surface area contributed by atoms with Gasteiger partial charge >= 0.3 is 11.7 Å². The van der Waals surface area contributed by atoms with Crippen LogP contribution in [0.2, 0.25) is 0 Å². The van der Waals surface area contributed by atoms with E-state index in [2.05, 4.69) is 0 Å². The van der Waals surface area contributed by atoms with Gasteiger partial charge in [-0.15, -0.1) is 0 Å². The Morgan fingerprint density at radius 1 is 1.50 bits per heavy atom. The van der Waals surface area contributed by atoms with Crippen molar-refractivity contribution >= 4 is 11.7 Å². The van der Waals surface area contributed by atoms with Crippen molar-refractivity contribution in [3.63, 3.8) is 0 Å². The average Bonchev–Trinajstić information content (AvgIpc) is 2.32. The Balaban J connectivity index is 2.78. The van der Waals surface area contributed by atoms with Crippen molar-refractivity contribution in [2.75, 3.05) is 6.61 Å². The van der Waals surface area contributed by atoms with E-state index in [1.165, 1.54) is 6.92 Å². The lowest BCUT2D eigenvalue weighted by Crippen LogP contribution is -2.45. The number of nitrogens with two attached hydrogens (primary N) is 1. The van der Waals surface area contributed by atoms with Crippen molar-refractivity contribution < 1.29 is 28.3 Å². The first-order valence-electron chi connectivity index (χ1n) is 5.43. The van der Waals surface area contributed by atoms with Crippen molar-refractivity contribution in [2.24, 2.45) is 5.73 Å². The number of aliphatic carboxylic acids is 1. The number of rotatable bonds is 6. The Morgan fingerprint density at radius 3 is 2.60 bits per heavy atom. The van der Waals surface area contributed by atoms with E-state index >= 15 is 0 Å². The number of nitro groups is 1. The molecule has 1 rings (SSSR count). The molecule has 0 radical (unpaired) electrons. The van der Waals surface area contributed by atoms with E-state index in [1.54, 1.807) is 0 Å². The highest BCUT2D eigenvalue weighted by Gasteiger charge is 2.28. The third kappa shape index (κ3) is 3.60. The first-order chi connectivity index (χ1) is 9.15. The van der Waals surface area contributed by atoms with Gasteiger partial charge in [0.1, 0.15) is 5.54 Å². The quantitative estimate of drug-likeness (QED) is 0.605. The van der Waals surface area contributed by atoms with Crippen LogP contribution in [0.5, 0.6) is 5.75 Å². The fourth-order valence-electron chi connectivity index (χ4n) is 1.25. The maximum Gasteiger partial charge on any atom is 0.323 e. The smallest absolute Gasteiger partial charge is 0.323 e. The molecule has 7 nitrogen and oxygen atoms in total. The van der Waals surface area contributed by atoms with E-state index in [0.29, 0.717) is 12.1 Å². The van der Waals surface area contributed by atoms with Crippen molar-refractivity contribution in [2.45, 2.75) is 18.9 Å². The minimum absolute atomic E-state index is 0.152. The minimum Gasteiger partial charge on any atom is -0.490 e. The molecule has 3 N–H and O–H groups in total.